The van der Waals surface area contributed by atoms with Gasteiger partial charge in [0.1, 0.15) is 18.5 Å². The molecule has 1 atom stereocenters. The summed E-state index contributed by atoms with van der Waals surface area (Å²) in [5.74, 6) is 0. The molecule has 1 aromatic heterocycles. The molecule has 2 heterocycles. The molecular formula is C15H14N4O. The van der Waals surface area contributed by atoms with Gasteiger partial charge in [-0.2, -0.15) is 0 Å². The minimum Gasteiger partial charge on any atom is -0.463 e. The van der Waals surface area contributed by atoms with Crippen LogP contribution < -0.4 is 5.73 Å². The number of aliphatic imine (C=N–C) groups is 1. The molecule has 1 spiro atoms. The molecule has 2 aromatic rings. The van der Waals surface area contributed by atoms with E-state index in [2.05, 4.69) is 33.2 Å². The predicted molar refractivity (Wildman–Crippen MR) is 75.2 cm³/mol. The Bertz CT molecular complexity index is 698. The fraction of sp³-hybridized carbons (Fsp3) is 0.267. The largest absolute Gasteiger partial charge is 0.463 e. The van der Waals surface area contributed by atoms with Gasteiger partial charge in [-0.25, -0.2) is 15.0 Å². The fourth-order valence-corrected chi connectivity index (χ4v) is 3.15. The number of nitrogens with two attached hydrogens (primary N) is 1. The van der Waals surface area contributed by atoms with E-state index in [1.54, 1.807) is 6.33 Å². The average Bonchev–Trinajstić information content (AvgIpc) is 3.01. The van der Waals surface area contributed by atoms with E-state index in [1.165, 1.54) is 16.7 Å². The van der Waals surface area contributed by atoms with Crippen molar-refractivity contribution in [2.24, 2.45) is 10.7 Å². The van der Waals surface area contributed by atoms with E-state index in [9.17, 15) is 0 Å². The Morgan fingerprint density at radius 3 is 2.75 bits per heavy atom. The molecule has 5 heteroatoms. The summed E-state index contributed by atoms with van der Waals surface area (Å²) >= 11 is 0. The third kappa shape index (κ3) is 1.66. The zero-order chi connectivity index (χ0) is 13.6. The van der Waals surface area contributed by atoms with Gasteiger partial charge in [-0.15, -0.1) is 0 Å². The van der Waals surface area contributed by atoms with E-state index < -0.39 is 0 Å². The Morgan fingerprint density at radius 1 is 1.15 bits per heavy atom. The van der Waals surface area contributed by atoms with Gasteiger partial charge in [-0.3, -0.25) is 0 Å². The fourth-order valence-electron chi connectivity index (χ4n) is 3.15. The predicted octanol–water partition coefficient (Wildman–Crippen LogP) is 1.33. The molecule has 100 valence electrons. The minimum atomic E-state index is -0.210. The van der Waals surface area contributed by atoms with Crippen molar-refractivity contribution in [1.29, 1.82) is 0 Å². The van der Waals surface area contributed by atoms with Crippen LogP contribution in [0.1, 0.15) is 11.1 Å². The Kier molecular flexibility index (Phi) is 2.30. The summed E-state index contributed by atoms with van der Waals surface area (Å²) in [4.78, 5) is 12.7. The normalized spacial score (nSPS) is 23.5. The second-order valence-electron chi connectivity index (χ2n) is 5.39. The van der Waals surface area contributed by atoms with Crippen LogP contribution in [0.3, 0.4) is 0 Å². The first kappa shape index (κ1) is 11.4. The number of aromatic nitrogens is 2. The number of hydrogen-bond acceptors (Lipinski definition) is 5. The SMILES string of the molecule is NC1=NC2(CO1)Cc1cccc(-c3cncnc3)c1C2. The van der Waals surface area contributed by atoms with Gasteiger partial charge in [0.15, 0.2) is 0 Å². The van der Waals surface area contributed by atoms with E-state index in [4.69, 9.17) is 10.5 Å². The molecule has 1 aliphatic heterocycles. The van der Waals surface area contributed by atoms with Crippen molar-refractivity contribution in [3.63, 3.8) is 0 Å². The quantitative estimate of drug-likeness (QED) is 0.845. The summed E-state index contributed by atoms with van der Waals surface area (Å²) in [6, 6.07) is 6.64. The standard InChI is InChI=1S/C15H14N4O/c16-14-19-15(8-20-14)4-10-2-1-3-12(13(10)5-15)11-6-17-9-18-7-11/h1-3,6-7,9H,4-5,8H2,(H2,16,19). The smallest absolute Gasteiger partial charge is 0.282 e. The van der Waals surface area contributed by atoms with E-state index in [0.717, 1.165) is 18.4 Å². The molecule has 0 saturated heterocycles. The number of amidine groups is 1. The molecule has 0 amide bonds. The van der Waals surface area contributed by atoms with Gasteiger partial charge in [0.25, 0.3) is 6.02 Å². The van der Waals surface area contributed by atoms with E-state index in [1.807, 2.05) is 12.4 Å². The molecule has 4 rings (SSSR count). The zero-order valence-corrected chi connectivity index (χ0v) is 10.9. The number of nitrogens with zero attached hydrogens (tertiary/aromatic N) is 3. The number of ether oxygens (including phenoxy) is 1. The topological polar surface area (TPSA) is 73.4 Å². The minimum absolute atomic E-state index is 0.210. The van der Waals surface area contributed by atoms with Crippen LogP contribution >= 0.6 is 0 Å². The van der Waals surface area contributed by atoms with Crippen molar-refractivity contribution in [3.05, 3.63) is 48.0 Å². The molecule has 0 radical (unpaired) electrons. The van der Waals surface area contributed by atoms with Gasteiger partial charge in [0, 0.05) is 30.8 Å². The summed E-state index contributed by atoms with van der Waals surface area (Å²) in [5, 5.41) is 0. The molecule has 1 aliphatic carbocycles. The molecule has 2 aliphatic rings. The third-order valence-corrected chi connectivity index (χ3v) is 4.01. The summed E-state index contributed by atoms with van der Waals surface area (Å²) in [6.07, 6.45) is 6.97. The highest BCUT2D eigenvalue weighted by Gasteiger charge is 2.42. The second-order valence-corrected chi connectivity index (χ2v) is 5.39. The van der Waals surface area contributed by atoms with Crippen molar-refractivity contribution in [1.82, 2.24) is 9.97 Å². The second kappa shape index (κ2) is 4.03. The molecule has 0 fully saturated rings. The molecule has 1 aromatic carbocycles. The third-order valence-electron chi connectivity index (χ3n) is 4.01. The van der Waals surface area contributed by atoms with Gasteiger partial charge in [0.05, 0.1) is 0 Å². The molecule has 5 nitrogen and oxygen atoms in total. The lowest BCUT2D eigenvalue weighted by molar-refractivity contribution is 0.258. The van der Waals surface area contributed by atoms with Crippen LogP contribution in [0.4, 0.5) is 0 Å². The van der Waals surface area contributed by atoms with Crippen LogP contribution in [-0.2, 0) is 17.6 Å². The monoisotopic (exact) mass is 266 g/mol. The Labute approximate surface area is 116 Å². The van der Waals surface area contributed by atoms with Crippen LogP contribution in [0.2, 0.25) is 0 Å². The maximum Gasteiger partial charge on any atom is 0.282 e. The van der Waals surface area contributed by atoms with Crippen LogP contribution in [0.25, 0.3) is 11.1 Å². The van der Waals surface area contributed by atoms with Crippen LogP contribution in [-0.4, -0.2) is 28.1 Å². The maximum atomic E-state index is 5.68. The molecule has 0 saturated carbocycles. The van der Waals surface area contributed by atoms with Gasteiger partial charge in [-0.05, 0) is 16.7 Å². The summed E-state index contributed by atoms with van der Waals surface area (Å²) in [7, 11) is 0. The first-order chi connectivity index (χ1) is 9.76. The first-order valence-corrected chi connectivity index (χ1v) is 6.60. The van der Waals surface area contributed by atoms with E-state index in [-0.39, 0.29) is 5.54 Å². The number of hydrogen-bond donors (Lipinski definition) is 1. The molecular weight excluding hydrogens is 252 g/mol. The lowest BCUT2D eigenvalue weighted by Crippen LogP contribution is -2.28. The summed E-state index contributed by atoms with van der Waals surface area (Å²) in [5.41, 5.74) is 10.3. The Balaban J connectivity index is 1.80. The van der Waals surface area contributed by atoms with Gasteiger partial charge in [-0.1, -0.05) is 18.2 Å². The molecule has 2 N–H and O–H groups in total. The summed E-state index contributed by atoms with van der Waals surface area (Å²) in [6.45, 7) is 0.568. The van der Waals surface area contributed by atoms with Crippen molar-refractivity contribution in [2.45, 2.75) is 18.4 Å². The van der Waals surface area contributed by atoms with E-state index in [0.29, 0.717) is 12.6 Å². The first-order valence-electron chi connectivity index (χ1n) is 6.60. The van der Waals surface area contributed by atoms with Gasteiger partial charge in [0.2, 0.25) is 0 Å². The van der Waals surface area contributed by atoms with Crippen LogP contribution in [0, 0.1) is 0 Å². The maximum absolute atomic E-state index is 5.68. The highest BCUT2D eigenvalue weighted by atomic mass is 16.5. The zero-order valence-electron chi connectivity index (χ0n) is 10.9. The van der Waals surface area contributed by atoms with Crippen LogP contribution in [0.15, 0.2) is 41.9 Å². The highest BCUT2D eigenvalue weighted by molar-refractivity contribution is 5.75. The van der Waals surface area contributed by atoms with Crippen molar-refractivity contribution in [3.8, 4) is 11.1 Å². The highest BCUT2D eigenvalue weighted by Crippen LogP contribution is 2.40. The molecule has 1 unspecified atom stereocenters. The Morgan fingerprint density at radius 2 is 2.00 bits per heavy atom. The number of rotatable bonds is 1. The summed E-state index contributed by atoms with van der Waals surface area (Å²) < 4.78 is 5.37. The lowest BCUT2D eigenvalue weighted by atomic mass is 9.96. The number of fused-ring (bicyclic) bond motifs is 1. The molecule has 20 heavy (non-hydrogen) atoms. The van der Waals surface area contributed by atoms with Crippen molar-refractivity contribution >= 4 is 6.02 Å². The average molecular weight is 266 g/mol. The number of benzene rings is 1. The Hall–Kier alpha value is -2.43. The van der Waals surface area contributed by atoms with Gasteiger partial charge >= 0.3 is 0 Å². The molecule has 0 bridgehead atoms. The van der Waals surface area contributed by atoms with Gasteiger partial charge < -0.3 is 10.5 Å². The van der Waals surface area contributed by atoms with Crippen molar-refractivity contribution < 1.29 is 4.74 Å². The van der Waals surface area contributed by atoms with Crippen LogP contribution in [0.5, 0.6) is 0 Å². The van der Waals surface area contributed by atoms with Crippen molar-refractivity contribution in [2.75, 3.05) is 6.61 Å². The lowest BCUT2D eigenvalue weighted by Gasteiger charge is -2.15. The van der Waals surface area contributed by atoms with E-state index >= 15 is 0 Å².